The van der Waals surface area contributed by atoms with Gasteiger partial charge in [-0.05, 0) is 17.5 Å². The van der Waals surface area contributed by atoms with E-state index in [2.05, 4.69) is 10.3 Å². The van der Waals surface area contributed by atoms with Crippen LogP contribution in [0.1, 0.15) is 15.2 Å². The summed E-state index contributed by atoms with van der Waals surface area (Å²) in [6, 6.07) is 7.30. The number of methoxy groups -OCH3 is 1. The van der Waals surface area contributed by atoms with Gasteiger partial charge in [0.1, 0.15) is 0 Å². The summed E-state index contributed by atoms with van der Waals surface area (Å²) in [5.74, 6) is 0.369. The van der Waals surface area contributed by atoms with E-state index in [-0.39, 0.29) is 5.91 Å². The summed E-state index contributed by atoms with van der Waals surface area (Å²) in [7, 11) is 1.54. The number of pyridine rings is 1. The number of aromatic nitrogens is 1. The predicted octanol–water partition coefficient (Wildman–Crippen LogP) is 2.08. The summed E-state index contributed by atoms with van der Waals surface area (Å²) in [6.07, 6.45) is 1.50. The van der Waals surface area contributed by atoms with Crippen LogP contribution in [0.2, 0.25) is 0 Å². The number of hydrogen-bond acceptors (Lipinski definition) is 4. The zero-order valence-corrected chi connectivity index (χ0v) is 10.2. The smallest absolute Gasteiger partial charge is 0.253 e. The maximum absolute atomic E-state index is 11.8. The zero-order valence-electron chi connectivity index (χ0n) is 9.34. The second-order valence-corrected chi connectivity index (χ2v) is 4.38. The van der Waals surface area contributed by atoms with Crippen LogP contribution in [-0.4, -0.2) is 18.0 Å². The molecule has 0 bridgehead atoms. The Morgan fingerprint density at radius 3 is 2.94 bits per heavy atom. The Kier molecular flexibility index (Phi) is 3.72. The number of carbonyl (C=O) groups is 1. The Balaban J connectivity index is 1.95. The molecule has 1 amide bonds. The van der Waals surface area contributed by atoms with E-state index in [1.807, 2.05) is 17.5 Å². The number of ether oxygens (including phenoxy) is 1. The first-order valence-electron chi connectivity index (χ1n) is 5.10. The molecule has 0 saturated heterocycles. The number of nitrogens with zero attached hydrogens (tertiary/aromatic N) is 1. The van der Waals surface area contributed by atoms with Gasteiger partial charge in [0.15, 0.2) is 0 Å². The fourth-order valence-corrected chi connectivity index (χ4v) is 1.96. The van der Waals surface area contributed by atoms with Crippen molar-refractivity contribution in [2.45, 2.75) is 6.54 Å². The standard InChI is InChI=1S/C12H12N2O2S/c1-16-11-5-4-9(7-13-11)12(15)14-8-10-3-2-6-17-10/h2-7H,8H2,1H3,(H,14,15). The number of thiophene rings is 1. The lowest BCUT2D eigenvalue weighted by molar-refractivity contribution is 0.0951. The van der Waals surface area contributed by atoms with Gasteiger partial charge in [-0.2, -0.15) is 0 Å². The number of rotatable bonds is 4. The van der Waals surface area contributed by atoms with Crippen LogP contribution in [0.25, 0.3) is 0 Å². The highest BCUT2D eigenvalue weighted by Gasteiger charge is 2.06. The van der Waals surface area contributed by atoms with E-state index in [4.69, 9.17) is 4.74 Å². The molecule has 0 aliphatic rings. The van der Waals surface area contributed by atoms with Gasteiger partial charge in [-0.25, -0.2) is 4.98 Å². The molecule has 0 fully saturated rings. The zero-order chi connectivity index (χ0) is 12.1. The third kappa shape index (κ3) is 3.04. The van der Waals surface area contributed by atoms with Crippen LogP contribution in [0.5, 0.6) is 5.88 Å². The molecule has 2 heterocycles. The number of amides is 1. The third-order valence-electron chi connectivity index (χ3n) is 2.21. The van der Waals surface area contributed by atoms with Crippen molar-refractivity contribution in [3.05, 3.63) is 46.3 Å². The normalized spacial score (nSPS) is 9.94. The SMILES string of the molecule is COc1ccc(C(=O)NCc2cccs2)cn1. The van der Waals surface area contributed by atoms with Crippen molar-refractivity contribution in [3.63, 3.8) is 0 Å². The Bertz CT molecular complexity index is 480. The minimum Gasteiger partial charge on any atom is -0.481 e. The summed E-state index contributed by atoms with van der Waals surface area (Å²) in [6.45, 7) is 0.544. The maximum Gasteiger partial charge on any atom is 0.253 e. The second-order valence-electron chi connectivity index (χ2n) is 3.35. The topological polar surface area (TPSA) is 51.2 Å². The van der Waals surface area contributed by atoms with Crippen LogP contribution >= 0.6 is 11.3 Å². The predicted molar refractivity (Wildman–Crippen MR) is 66.3 cm³/mol. The largest absolute Gasteiger partial charge is 0.481 e. The van der Waals surface area contributed by atoms with Crippen LogP contribution in [0.15, 0.2) is 35.8 Å². The lowest BCUT2D eigenvalue weighted by atomic mass is 10.2. The Hall–Kier alpha value is -1.88. The molecule has 17 heavy (non-hydrogen) atoms. The summed E-state index contributed by atoms with van der Waals surface area (Å²) < 4.78 is 4.93. The Labute approximate surface area is 103 Å². The molecule has 0 aliphatic carbocycles. The molecule has 0 atom stereocenters. The maximum atomic E-state index is 11.8. The van der Waals surface area contributed by atoms with E-state index in [0.29, 0.717) is 18.0 Å². The van der Waals surface area contributed by atoms with E-state index >= 15 is 0 Å². The second kappa shape index (κ2) is 5.45. The van der Waals surface area contributed by atoms with Crippen LogP contribution in [0, 0.1) is 0 Å². The van der Waals surface area contributed by atoms with Crippen molar-refractivity contribution in [1.29, 1.82) is 0 Å². The summed E-state index contributed by atoms with van der Waals surface area (Å²) in [5.41, 5.74) is 0.530. The van der Waals surface area contributed by atoms with Gasteiger partial charge in [0.25, 0.3) is 5.91 Å². The highest BCUT2D eigenvalue weighted by atomic mass is 32.1. The van der Waals surface area contributed by atoms with Crippen LogP contribution in [0.4, 0.5) is 0 Å². The van der Waals surface area contributed by atoms with Crippen molar-refractivity contribution in [1.82, 2.24) is 10.3 Å². The van der Waals surface area contributed by atoms with Crippen LogP contribution < -0.4 is 10.1 Å². The van der Waals surface area contributed by atoms with Crippen molar-refractivity contribution in [2.24, 2.45) is 0 Å². The van der Waals surface area contributed by atoms with E-state index in [1.165, 1.54) is 6.20 Å². The number of carbonyl (C=O) groups excluding carboxylic acids is 1. The molecule has 5 heteroatoms. The van der Waals surface area contributed by atoms with Gasteiger partial charge in [0.05, 0.1) is 19.2 Å². The van der Waals surface area contributed by atoms with Gasteiger partial charge >= 0.3 is 0 Å². The molecular formula is C12H12N2O2S. The van der Waals surface area contributed by atoms with E-state index in [9.17, 15) is 4.79 Å². The number of hydrogen-bond donors (Lipinski definition) is 1. The molecule has 1 N–H and O–H groups in total. The summed E-state index contributed by atoms with van der Waals surface area (Å²) >= 11 is 1.62. The minimum atomic E-state index is -0.131. The van der Waals surface area contributed by atoms with Crippen LogP contribution in [0.3, 0.4) is 0 Å². The minimum absolute atomic E-state index is 0.131. The molecule has 0 unspecified atom stereocenters. The first-order chi connectivity index (χ1) is 8.29. The van der Waals surface area contributed by atoms with Gasteiger partial charge in [-0.15, -0.1) is 11.3 Å². The van der Waals surface area contributed by atoms with Crippen molar-refractivity contribution in [2.75, 3.05) is 7.11 Å². The van der Waals surface area contributed by atoms with Gasteiger partial charge < -0.3 is 10.1 Å². The number of nitrogens with one attached hydrogen (secondary N) is 1. The quantitative estimate of drug-likeness (QED) is 0.901. The molecule has 4 nitrogen and oxygen atoms in total. The van der Waals surface area contributed by atoms with E-state index in [1.54, 1.807) is 30.6 Å². The average molecular weight is 248 g/mol. The van der Waals surface area contributed by atoms with Gasteiger partial charge in [-0.3, -0.25) is 4.79 Å². The molecule has 2 aromatic heterocycles. The monoisotopic (exact) mass is 248 g/mol. The molecule has 2 aromatic rings. The summed E-state index contributed by atoms with van der Waals surface area (Å²) in [5, 5.41) is 4.81. The highest BCUT2D eigenvalue weighted by Crippen LogP contribution is 2.09. The fraction of sp³-hybridized carbons (Fsp3) is 0.167. The lowest BCUT2D eigenvalue weighted by Gasteiger charge is -2.04. The van der Waals surface area contributed by atoms with E-state index in [0.717, 1.165) is 4.88 Å². The molecule has 0 aliphatic heterocycles. The van der Waals surface area contributed by atoms with Crippen LogP contribution in [-0.2, 0) is 6.54 Å². The van der Waals surface area contributed by atoms with E-state index < -0.39 is 0 Å². The lowest BCUT2D eigenvalue weighted by Crippen LogP contribution is -2.22. The Morgan fingerprint density at radius 2 is 2.35 bits per heavy atom. The molecule has 88 valence electrons. The summed E-state index contributed by atoms with van der Waals surface area (Å²) in [4.78, 5) is 16.9. The van der Waals surface area contributed by atoms with Gasteiger partial charge in [0.2, 0.25) is 5.88 Å². The molecule has 0 radical (unpaired) electrons. The molecular weight excluding hydrogens is 236 g/mol. The first-order valence-corrected chi connectivity index (χ1v) is 5.98. The molecule has 0 aromatic carbocycles. The van der Waals surface area contributed by atoms with Crippen molar-refractivity contribution in [3.8, 4) is 5.88 Å². The fourth-order valence-electron chi connectivity index (χ4n) is 1.32. The van der Waals surface area contributed by atoms with Gasteiger partial charge in [0, 0.05) is 17.1 Å². The van der Waals surface area contributed by atoms with Crippen molar-refractivity contribution >= 4 is 17.2 Å². The first kappa shape index (κ1) is 11.6. The molecule has 0 spiro atoms. The molecule has 2 rings (SSSR count). The highest BCUT2D eigenvalue weighted by molar-refractivity contribution is 7.09. The Morgan fingerprint density at radius 1 is 1.47 bits per heavy atom. The molecule has 0 saturated carbocycles. The van der Waals surface area contributed by atoms with Crippen molar-refractivity contribution < 1.29 is 9.53 Å². The average Bonchev–Trinajstić information content (AvgIpc) is 2.89. The third-order valence-corrected chi connectivity index (χ3v) is 3.09. The van der Waals surface area contributed by atoms with Gasteiger partial charge in [-0.1, -0.05) is 6.07 Å².